The van der Waals surface area contributed by atoms with Gasteiger partial charge in [0.25, 0.3) is 0 Å². The quantitative estimate of drug-likeness (QED) is 0.143. The number of rotatable bonds is 9. The summed E-state index contributed by atoms with van der Waals surface area (Å²) in [6, 6.07) is 87.1. The van der Waals surface area contributed by atoms with E-state index >= 15 is 0 Å². The van der Waals surface area contributed by atoms with Crippen molar-refractivity contribution < 1.29 is 0 Å². The maximum Gasteiger partial charge on any atom is 0.0708 e. The zero-order valence-electron chi connectivity index (χ0n) is 33.1. The predicted octanol–water partition coefficient (Wildman–Crippen LogP) is 16.1. The Morgan fingerprint density at radius 2 is 0.483 bits per heavy atom. The van der Waals surface area contributed by atoms with Gasteiger partial charge in [0.15, 0.2) is 0 Å². The van der Waals surface area contributed by atoms with Gasteiger partial charge in [-0.25, -0.2) is 0 Å². The second-order valence-corrected chi connectivity index (χ2v) is 15.1. The molecule has 0 aliphatic heterocycles. The van der Waals surface area contributed by atoms with Gasteiger partial charge in [-0.15, -0.1) is 0 Å². The molecule has 0 N–H and O–H groups in total. The molecule has 10 aromatic rings. The maximum absolute atomic E-state index is 5.13. The van der Waals surface area contributed by atoms with Gasteiger partial charge >= 0.3 is 0 Å². The molecule has 1 nitrogen and oxygen atoms in total. The van der Waals surface area contributed by atoms with Crippen LogP contribution in [0.5, 0.6) is 0 Å². The van der Waals surface area contributed by atoms with Gasteiger partial charge in [0.1, 0.15) is 0 Å². The number of aromatic nitrogens is 1. The van der Waals surface area contributed by atoms with Crippen LogP contribution in [0.3, 0.4) is 0 Å². The zero-order chi connectivity index (χ0) is 40.1. The van der Waals surface area contributed by atoms with Crippen molar-refractivity contribution in [2.75, 3.05) is 0 Å². The van der Waals surface area contributed by atoms with E-state index < -0.39 is 0 Å². The molecule has 10 rings (SSSR count). The molecular weight excluding hydrogens is 723 g/mol. The second kappa shape index (κ2) is 16.5. The van der Waals surface area contributed by atoms with Gasteiger partial charge in [-0.1, -0.05) is 218 Å². The fourth-order valence-corrected chi connectivity index (χ4v) is 8.42. The van der Waals surface area contributed by atoms with Gasteiger partial charge in [0.2, 0.25) is 0 Å². The van der Waals surface area contributed by atoms with Crippen molar-refractivity contribution in [1.82, 2.24) is 4.98 Å². The molecule has 0 unspecified atom stereocenters. The lowest BCUT2D eigenvalue weighted by Gasteiger charge is -2.19. The molecule has 9 aromatic carbocycles. The molecule has 1 heteroatoms. The third-order valence-electron chi connectivity index (χ3n) is 11.4. The summed E-state index contributed by atoms with van der Waals surface area (Å²) in [7, 11) is 0. The Bertz CT molecular complexity index is 2940. The number of hydrogen-bond acceptors (Lipinski definition) is 1. The lowest BCUT2D eigenvalue weighted by Crippen LogP contribution is -1.94. The Balaban J connectivity index is 1.19. The largest absolute Gasteiger partial charge is 0.256 e. The van der Waals surface area contributed by atoms with Crippen molar-refractivity contribution in [2.24, 2.45) is 0 Å². The SMILES string of the molecule is c1ccc(-c2ccc(-c3cc(-c4ccccc4)ncc3-c3ccccc3-c3cc(-c4ccccc4-c4ccccc4)cc(-c4ccccc4-c4ccccc4)c3)cc2)cc1. The standard InChI is InChI=1S/C59H41N/c1-5-19-42(20-6-1)43-33-35-46(36-34-43)57-40-59(47-25-11-4-12-26-47)60-41-58(57)56-32-18-17-31-55(56)50-38-48(53-29-15-13-27-51(53)44-21-7-2-8-22-44)37-49(39-50)54-30-16-14-28-52(54)45-23-9-3-10-24-45/h1-41H. The summed E-state index contributed by atoms with van der Waals surface area (Å²) in [6.45, 7) is 0. The van der Waals surface area contributed by atoms with E-state index in [1.54, 1.807) is 0 Å². The van der Waals surface area contributed by atoms with Crippen molar-refractivity contribution in [3.63, 3.8) is 0 Å². The number of benzene rings is 9. The van der Waals surface area contributed by atoms with Crippen LogP contribution in [0.1, 0.15) is 0 Å². The van der Waals surface area contributed by atoms with Crippen LogP contribution in [-0.4, -0.2) is 4.98 Å². The van der Waals surface area contributed by atoms with E-state index in [1.165, 1.54) is 44.5 Å². The van der Waals surface area contributed by atoms with Gasteiger partial charge in [-0.2, -0.15) is 0 Å². The normalized spacial score (nSPS) is 11.0. The summed E-state index contributed by atoms with van der Waals surface area (Å²) in [5, 5.41) is 0. The average molecular weight is 764 g/mol. The molecule has 0 spiro atoms. The Hall–Kier alpha value is -7.87. The van der Waals surface area contributed by atoms with Gasteiger partial charge < -0.3 is 0 Å². The molecule has 0 fully saturated rings. The lowest BCUT2D eigenvalue weighted by atomic mass is 9.85. The first-order chi connectivity index (χ1) is 29.8. The molecule has 0 saturated heterocycles. The van der Waals surface area contributed by atoms with Crippen molar-refractivity contribution in [3.05, 3.63) is 249 Å². The maximum atomic E-state index is 5.13. The fourth-order valence-electron chi connectivity index (χ4n) is 8.42. The van der Waals surface area contributed by atoms with Crippen molar-refractivity contribution >= 4 is 0 Å². The van der Waals surface area contributed by atoms with E-state index in [9.17, 15) is 0 Å². The average Bonchev–Trinajstić information content (AvgIpc) is 3.35. The monoisotopic (exact) mass is 763 g/mol. The minimum absolute atomic E-state index is 0.943. The van der Waals surface area contributed by atoms with E-state index in [1.807, 2.05) is 0 Å². The van der Waals surface area contributed by atoms with E-state index in [0.29, 0.717) is 0 Å². The Labute approximate surface area is 352 Å². The van der Waals surface area contributed by atoms with Crippen LogP contribution in [0, 0.1) is 0 Å². The molecule has 0 bridgehead atoms. The van der Waals surface area contributed by atoms with Gasteiger partial charge in [-0.3, -0.25) is 4.98 Å². The van der Waals surface area contributed by atoms with Crippen LogP contribution >= 0.6 is 0 Å². The summed E-state index contributed by atoms with van der Waals surface area (Å²) in [4.78, 5) is 5.13. The third-order valence-corrected chi connectivity index (χ3v) is 11.4. The Morgan fingerprint density at radius 3 is 0.933 bits per heavy atom. The zero-order valence-corrected chi connectivity index (χ0v) is 33.1. The topological polar surface area (TPSA) is 12.9 Å². The highest BCUT2D eigenvalue weighted by atomic mass is 14.7. The minimum Gasteiger partial charge on any atom is -0.256 e. The molecule has 282 valence electrons. The first-order valence-corrected chi connectivity index (χ1v) is 20.5. The molecule has 1 aromatic heterocycles. The summed E-state index contributed by atoms with van der Waals surface area (Å²) >= 11 is 0. The molecule has 0 aliphatic rings. The van der Waals surface area contributed by atoms with Crippen LogP contribution < -0.4 is 0 Å². The van der Waals surface area contributed by atoms with Gasteiger partial charge in [0, 0.05) is 17.3 Å². The fraction of sp³-hybridized carbons (Fsp3) is 0. The number of pyridine rings is 1. The summed E-state index contributed by atoms with van der Waals surface area (Å²) in [5.41, 5.74) is 20.7. The molecule has 0 atom stereocenters. The molecule has 0 aliphatic carbocycles. The van der Waals surface area contributed by atoms with E-state index in [0.717, 1.165) is 55.8 Å². The minimum atomic E-state index is 0.943. The first kappa shape index (κ1) is 36.5. The Kier molecular flexibility index (Phi) is 10.1. The van der Waals surface area contributed by atoms with Crippen molar-refractivity contribution in [3.8, 4) is 100 Å². The van der Waals surface area contributed by atoms with Gasteiger partial charge in [-0.05, 0) is 108 Å². The molecule has 60 heavy (non-hydrogen) atoms. The highest BCUT2D eigenvalue weighted by Crippen LogP contribution is 2.44. The summed E-state index contributed by atoms with van der Waals surface area (Å²) in [5.74, 6) is 0. The van der Waals surface area contributed by atoms with Crippen LogP contribution in [-0.2, 0) is 0 Å². The Morgan fingerprint density at radius 1 is 0.183 bits per heavy atom. The lowest BCUT2D eigenvalue weighted by molar-refractivity contribution is 1.32. The third kappa shape index (κ3) is 7.37. The van der Waals surface area contributed by atoms with E-state index in [-0.39, 0.29) is 0 Å². The van der Waals surface area contributed by atoms with Gasteiger partial charge in [0.05, 0.1) is 5.69 Å². The first-order valence-electron chi connectivity index (χ1n) is 20.5. The summed E-state index contributed by atoms with van der Waals surface area (Å²) in [6.07, 6.45) is 2.07. The number of hydrogen-bond donors (Lipinski definition) is 0. The van der Waals surface area contributed by atoms with Crippen LogP contribution in [0.25, 0.3) is 100 Å². The summed E-state index contributed by atoms with van der Waals surface area (Å²) < 4.78 is 0. The molecule has 0 amide bonds. The van der Waals surface area contributed by atoms with Crippen LogP contribution in [0.4, 0.5) is 0 Å². The van der Waals surface area contributed by atoms with E-state index in [2.05, 4.69) is 249 Å². The number of nitrogens with zero attached hydrogens (tertiary/aromatic N) is 1. The molecule has 0 radical (unpaired) electrons. The smallest absolute Gasteiger partial charge is 0.0708 e. The van der Waals surface area contributed by atoms with Crippen molar-refractivity contribution in [1.29, 1.82) is 0 Å². The van der Waals surface area contributed by atoms with Crippen molar-refractivity contribution in [2.45, 2.75) is 0 Å². The second-order valence-electron chi connectivity index (χ2n) is 15.1. The molecule has 0 saturated carbocycles. The molecular formula is C59H41N. The highest BCUT2D eigenvalue weighted by molar-refractivity contribution is 5.97. The van der Waals surface area contributed by atoms with E-state index in [4.69, 9.17) is 4.98 Å². The van der Waals surface area contributed by atoms with Crippen LogP contribution in [0.2, 0.25) is 0 Å². The predicted molar refractivity (Wildman–Crippen MR) is 253 cm³/mol. The van der Waals surface area contributed by atoms with Crippen LogP contribution in [0.15, 0.2) is 249 Å². The molecule has 1 heterocycles. The highest BCUT2D eigenvalue weighted by Gasteiger charge is 2.19.